The number of amides is 2. The van der Waals surface area contributed by atoms with Gasteiger partial charge in [0, 0.05) is 34.9 Å². The summed E-state index contributed by atoms with van der Waals surface area (Å²) in [5.74, 6) is 0.211. The first-order valence-electron chi connectivity index (χ1n) is 14.8. The van der Waals surface area contributed by atoms with E-state index in [-0.39, 0.29) is 23.0 Å². The maximum Gasteiger partial charge on any atom is 0.412 e. The molecular formula is C32H42N4O6S2. The Morgan fingerprint density at radius 3 is 2.27 bits per heavy atom. The lowest BCUT2D eigenvalue weighted by atomic mass is 9.86. The Hall–Kier alpha value is -3.48. The molecule has 1 atom stereocenters. The van der Waals surface area contributed by atoms with Crippen molar-refractivity contribution in [3.05, 3.63) is 65.3 Å². The first-order chi connectivity index (χ1) is 20.7. The number of nitrogens with zero attached hydrogens (tertiary/aromatic N) is 1. The highest BCUT2D eigenvalue weighted by Gasteiger charge is 2.29. The predicted molar refractivity (Wildman–Crippen MR) is 172 cm³/mol. The lowest BCUT2D eigenvalue weighted by Gasteiger charge is -2.28. The number of thiazole rings is 1. The number of sulfonamides is 1. The molecule has 1 aliphatic rings. The molecule has 1 aliphatic carbocycles. The second-order valence-electron chi connectivity index (χ2n) is 12.4. The number of aromatic nitrogens is 1. The molecule has 3 N–H and O–H groups in total. The maximum atomic E-state index is 13.6. The van der Waals surface area contributed by atoms with Gasteiger partial charge in [-0.25, -0.2) is 27.7 Å². The molecule has 2 amide bonds. The Balaban J connectivity index is 1.52. The van der Waals surface area contributed by atoms with E-state index in [1.807, 2.05) is 44.2 Å². The first-order valence-corrected chi connectivity index (χ1v) is 17.1. The molecule has 2 aromatic carbocycles. The molecule has 0 saturated heterocycles. The van der Waals surface area contributed by atoms with Crippen molar-refractivity contribution in [2.24, 2.45) is 0 Å². The SMILES string of the molecule is CC(C)OC(=O)NC1CCC(c2ncc(-c3ccc(NC(=O)O[C@@H](C)c4ccccc4)cc3S(=O)(=O)NC(C)(C)C)s2)CC1. The monoisotopic (exact) mass is 642 g/mol. The number of ether oxygens (including phenoxy) is 2. The van der Waals surface area contributed by atoms with Crippen LogP contribution < -0.4 is 15.4 Å². The number of alkyl carbamates (subject to hydrolysis) is 1. The smallest absolute Gasteiger partial charge is 0.412 e. The van der Waals surface area contributed by atoms with Crippen LogP contribution in [0.1, 0.15) is 89.8 Å². The maximum absolute atomic E-state index is 13.6. The molecular weight excluding hydrogens is 601 g/mol. The molecule has 0 spiro atoms. The Labute approximate surface area is 264 Å². The molecule has 0 unspecified atom stereocenters. The van der Waals surface area contributed by atoms with E-state index >= 15 is 0 Å². The van der Waals surface area contributed by atoms with Crippen molar-refractivity contribution in [1.29, 1.82) is 0 Å². The van der Waals surface area contributed by atoms with E-state index in [0.717, 1.165) is 36.3 Å². The average molecular weight is 643 g/mol. The number of carbonyl (C=O) groups excluding carboxylic acids is 2. The summed E-state index contributed by atoms with van der Waals surface area (Å²) in [4.78, 5) is 30.1. The molecule has 0 bridgehead atoms. The predicted octanol–water partition coefficient (Wildman–Crippen LogP) is 7.36. The molecule has 0 radical (unpaired) electrons. The largest absolute Gasteiger partial charge is 0.447 e. The highest BCUT2D eigenvalue weighted by molar-refractivity contribution is 7.89. The molecule has 0 aliphatic heterocycles. The van der Waals surface area contributed by atoms with Gasteiger partial charge >= 0.3 is 12.2 Å². The topological polar surface area (TPSA) is 136 Å². The van der Waals surface area contributed by atoms with Gasteiger partial charge in [0.2, 0.25) is 10.0 Å². The molecule has 238 valence electrons. The minimum absolute atomic E-state index is 0.0353. The van der Waals surface area contributed by atoms with E-state index in [2.05, 4.69) is 20.3 Å². The summed E-state index contributed by atoms with van der Waals surface area (Å²) in [5, 5.41) is 6.55. The van der Waals surface area contributed by atoms with Crippen LogP contribution in [-0.2, 0) is 19.5 Å². The molecule has 10 nitrogen and oxygen atoms in total. The average Bonchev–Trinajstić information content (AvgIpc) is 3.42. The zero-order chi connectivity index (χ0) is 32.1. The number of rotatable bonds is 9. The standard InChI is InChI=1S/C32H42N4O6S2/c1-20(2)41-30(37)34-24-14-12-23(13-15-24)29-33-19-27(43-29)26-17-16-25(18-28(26)44(39,40)36-32(4,5)6)35-31(38)42-21(3)22-10-8-7-9-11-22/h7-11,16-21,23-24,36H,12-15H2,1-6H3,(H,34,37)(H,35,38)/t21-,23?,24?/m0/s1. The van der Waals surface area contributed by atoms with Crippen molar-refractivity contribution in [2.45, 2.75) is 102 Å². The highest BCUT2D eigenvalue weighted by Crippen LogP contribution is 2.40. The van der Waals surface area contributed by atoms with Crippen LogP contribution in [0.15, 0.2) is 59.6 Å². The van der Waals surface area contributed by atoms with Gasteiger partial charge in [-0.3, -0.25) is 5.32 Å². The van der Waals surface area contributed by atoms with Crippen molar-refractivity contribution >= 4 is 39.2 Å². The van der Waals surface area contributed by atoms with Gasteiger partial charge in [0.25, 0.3) is 0 Å². The lowest BCUT2D eigenvalue weighted by molar-refractivity contribution is 0.109. The van der Waals surface area contributed by atoms with Crippen molar-refractivity contribution in [1.82, 2.24) is 15.0 Å². The third-order valence-corrected chi connectivity index (χ3v) is 10.0. The lowest BCUT2D eigenvalue weighted by Crippen LogP contribution is -2.40. The molecule has 12 heteroatoms. The number of hydrogen-bond acceptors (Lipinski definition) is 8. The van der Waals surface area contributed by atoms with Gasteiger partial charge in [-0.15, -0.1) is 11.3 Å². The Bertz CT molecular complexity index is 1540. The van der Waals surface area contributed by atoms with E-state index in [1.165, 1.54) is 17.4 Å². The zero-order valence-corrected chi connectivity index (χ0v) is 27.7. The van der Waals surface area contributed by atoms with E-state index in [1.54, 1.807) is 46.0 Å². The van der Waals surface area contributed by atoms with Crippen LogP contribution in [0.2, 0.25) is 0 Å². The fourth-order valence-electron chi connectivity index (χ4n) is 5.08. The van der Waals surface area contributed by atoms with Crippen LogP contribution in [0.5, 0.6) is 0 Å². The van der Waals surface area contributed by atoms with Crippen molar-refractivity contribution in [3.8, 4) is 10.4 Å². The summed E-state index contributed by atoms with van der Waals surface area (Å²) in [6, 6.07) is 14.2. The molecule has 1 heterocycles. The summed E-state index contributed by atoms with van der Waals surface area (Å²) in [7, 11) is -3.98. The van der Waals surface area contributed by atoms with Gasteiger partial charge in [0.1, 0.15) is 6.10 Å². The van der Waals surface area contributed by atoms with Crippen LogP contribution in [0.3, 0.4) is 0 Å². The Morgan fingerprint density at radius 2 is 1.64 bits per heavy atom. The quantitative estimate of drug-likeness (QED) is 0.222. The van der Waals surface area contributed by atoms with Crippen LogP contribution in [0, 0.1) is 0 Å². The molecule has 3 aromatic rings. The highest BCUT2D eigenvalue weighted by atomic mass is 32.2. The fourth-order valence-corrected chi connectivity index (χ4v) is 7.94. The summed E-state index contributed by atoms with van der Waals surface area (Å²) in [6.07, 6.45) is 3.27. The van der Waals surface area contributed by atoms with Gasteiger partial charge < -0.3 is 14.8 Å². The van der Waals surface area contributed by atoms with Gasteiger partial charge in [-0.2, -0.15) is 0 Å². The van der Waals surface area contributed by atoms with Crippen LogP contribution in [-0.4, -0.2) is 43.3 Å². The molecule has 4 rings (SSSR count). The Morgan fingerprint density at radius 1 is 0.955 bits per heavy atom. The van der Waals surface area contributed by atoms with E-state index < -0.39 is 33.9 Å². The van der Waals surface area contributed by atoms with Crippen molar-refractivity contribution in [2.75, 3.05) is 5.32 Å². The number of hydrogen-bond donors (Lipinski definition) is 3. The molecule has 1 aromatic heterocycles. The Kier molecular flexibility index (Phi) is 10.7. The van der Waals surface area contributed by atoms with Crippen LogP contribution in [0.4, 0.5) is 15.3 Å². The van der Waals surface area contributed by atoms with E-state index in [4.69, 9.17) is 9.47 Å². The van der Waals surface area contributed by atoms with Crippen molar-refractivity contribution in [3.63, 3.8) is 0 Å². The number of anilines is 1. The number of benzene rings is 2. The molecule has 44 heavy (non-hydrogen) atoms. The van der Waals surface area contributed by atoms with Gasteiger partial charge in [0.15, 0.2) is 0 Å². The molecule has 1 fully saturated rings. The molecule has 1 saturated carbocycles. The van der Waals surface area contributed by atoms with Crippen LogP contribution >= 0.6 is 11.3 Å². The minimum atomic E-state index is -3.98. The second kappa shape index (κ2) is 14.1. The minimum Gasteiger partial charge on any atom is -0.447 e. The van der Waals surface area contributed by atoms with Gasteiger partial charge in [0.05, 0.1) is 20.9 Å². The summed E-state index contributed by atoms with van der Waals surface area (Å²) < 4.78 is 40.7. The number of carbonyl (C=O) groups is 2. The zero-order valence-electron chi connectivity index (χ0n) is 26.0. The van der Waals surface area contributed by atoms with Crippen LogP contribution in [0.25, 0.3) is 10.4 Å². The van der Waals surface area contributed by atoms with E-state index in [9.17, 15) is 18.0 Å². The normalized spacial score (nSPS) is 18.0. The van der Waals surface area contributed by atoms with E-state index in [0.29, 0.717) is 16.1 Å². The second-order valence-corrected chi connectivity index (χ2v) is 15.1. The first kappa shape index (κ1) is 33.4. The van der Waals surface area contributed by atoms with Gasteiger partial charge in [-0.05, 0) is 84.9 Å². The summed E-state index contributed by atoms with van der Waals surface area (Å²) in [6.45, 7) is 10.7. The van der Waals surface area contributed by atoms with Gasteiger partial charge in [-0.1, -0.05) is 36.4 Å². The third kappa shape index (κ3) is 9.26. The fraction of sp³-hybridized carbons (Fsp3) is 0.469. The summed E-state index contributed by atoms with van der Waals surface area (Å²) in [5.41, 5.74) is 0.903. The summed E-state index contributed by atoms with van der Waals surface area (Å²) >= 11 is 1.46. The number of nitrogens with one attached hydrogen (secondary N) is 3. The third-order valence-electron chi connectivity index (χ3n) is 7.04. The van der Waals surface area contributed by atoms with Crippen molar-refractivity contribution < 1.29 is 27.5 Å².